The summed E-state index contributed by atoms with van der Waals surface area (Å²) in [7, 11) is 0. The van der Waals surface area contributed by atoms with Gasteiger partial charge in [0.1, 0.15) is 0 Å². The van der Waals surface area contributed by atoms with E-state index in [9.17, 15) is 5.11 Å². The van der Waals surface area contributed by atoms with Gasteiger partial charge in [-0.05, 0) is 12.0 Å². The average Bonchev–Trinajstić information content (AvgIpc) is 2.41. The third-order valence-corrected chi connectivity index (χ3v) is 3.16. The van der Waals surface area contributed by atoms with Gasteiger partial charge in [-0.3, -0.25) is 0 Å². The van der Waals surface area contributed by atoms with E-state index in [1.54, 1.807) is 0 Å². The molecule has 0 aliphatic carbocycles. The summed E-state index contributed by atoms with van der Waals surface area (Å²) in [4.78, 5) is 0. The second-order valence-electron chi connectivity index (χ2n) is 4.89. The second kappa shape index (κ2) is 9.90. The molecular formula is C17H26O. The van der Waals surface area contributed by atoms with Gasteiger partial charge in [-0.1, -0.05) is 87.9 Å². The molecule has 1 atom stereocenters. The Labute approximate surface area is 112 Å². The summed E-state index contributed by atoms with van der Waals surface area (Å²) in [5.41, 5.74) is 1.15. The first-order valence-electron chi connectivity index (χ1n) is 7.24. The predicted octanol–water partition coefficient (Wildman–Crippen LogP) is 4.81. The van der Waals surface area contributed by atoms with Crippen molar-refractivity contribution < 1.29 is 5.11 Å². The smallest absolute Gasteiger partial charge is 0.0724 e. The molecule has 0 aliphatic rings. The molecule has 0 saturated carbocycles. The van der Waals surface area contributed by atoms with Crippen molar-refractivity contribution in [3.05, 3.63) is 42.0 Å². The Morgan fingerprint density at radius 3 is 2.39 bits per heavy atom. The lowest BCUT2D eigenvalue weighted by molar-refractivity contribution is 0.209. The summed E-state index contributed by atoms with van der Waals surface area (Å²) >= 11 is 0. The molecule has 0 aliphatic heterocycles. The van der Waals surface area contributed by atoms with E-state index >= 15 is 0 Å². The van der Waals surface area contributed by atoms with Gasteiger partial charge in [-0.2, -0.15) is 0 Å². The van der Waals surface area contributed by atoms with Crippen molar-refractivity contribution in [3.63, 3.8) is 0 Å². The van der Waals surface area contributed by atoms with Crippen LogP contribution in [0.25, 0.3) is 6.08 Å². The summed E-state index contributed by atoms with van der Waals surface area (Å²) in [6, 6.07) is 10.1. The summed E-state index contributed by atoms with van der Waals surface area (Å²) in [5, 5.41) is 9.83. The maximum absolute atomic E-state index is 9.83. The van der Waals surface area contributed by atoms with Crippen molar-refractivity contribution in [2.45, 2.75) is 58.0 Å². The standard InChI is InChI=1S/C17H26O/c1-2-3-4-5-6-10-13-17(18)15-14-16-11-8-7-9-12-16/h7-9,11-12,14-15,17-18H,2-6,10,13H2,1H3/b15-14+. The van der Waals surface area contributed by atoms with Crippen LogP contribution in [0.3, 0.4) is 0 Å². The summed E-state index contributed by atoms with van der Waals surface area (Å²) in [6.07, 6.45) is 12.2. The fourth-order valence-corrected chi connectivity index (χ4v) is 2.02. The third-order valence-electron chi connectivity index (χ3n) is 3.16. The van der Waals surface area contributed by atoms with Crippen molar-refractivity contribution in [2.75, 3.05) is 0 Å². The molecule has 1 aromatic rings. The molecule has 1 heteroatoms. The fraction of sp³-hybridized carbons (Fsp3) is 0.529. The van der Waals surface area contributed by atoms with E-state index in [0.717, 1.165) is 18.4 Å². The highest BCUT2D eigenvalue weighted by molar-refractivity contribution is 5.49. The number of hydrogen-bond donors (Lipinski definition) is 1. The molecule has 1 N–H and O–H groups in total. The van der Waals surface area contributed by atoms with Gasteiger partial charge in [0.25, 0.3) is 0 Å². The molecule has 1 aromatic carbocycles. The van der Waals surface area contributed by atoms with Crippen molar-refractivity contribution in [2.24, 2.45) is 0 Å². The third kappa shape index (κ3) is 7.29. The molecule has 0 bridgehead atoms. The molecule has 1 nitrogen and oxygen atoms in total. The molecule has 0 aromatic heterocycles. The van der Waals surface area contributed by atoms with Crippen LogP contribution in [-0.4, -0.2) is 11.2 Å². The van der Waals surface area contributed by atoms with Crippen LogP contribution in [0.4, 0.5) is 0 Å². The zero-order valence-corrected chi connectivity index (χ0v) is 11.5. The lowest BCUT2D eigenvalue weighted by atomic mass is 10.1. The summed E-state index contributed by atoms with van der Waals surface area (Å²) < 4.78 is 0. The molecule has 0 heterocycles. The zero-order valence-electron chi connectivity index (χ0n) is 11.5. The lowest BCUT2D eigenvalue weighted by Gasteiger charge is -2.05. The van der Waals surface area contributed by atoms with E-state index < -0.39 is 0 Å². The van der Waals surface area contributed by atoms with Crippen LogP contribution in [0.2, 0.25) is 0 Å². The molecule has 1 rings (SSSR count). The highest BCUT2D eigenvalue weighted by atomic mass is 16.3. The van der Waals surface area contributed by atoms with Crippen LogP contribution in [0.5, 0.6) is 0 Å². The molecular weight excluding hydrogens is 220 g/mol. The van der Waals surface area contributed by atoms with E-state index in [1.165, 1.54) is 32.1 Å². The summed E-state index contributed by atoms with van der Waals surface area (Å²) in [5.74, 6) is 0. The van der Waals surface area contributed by atoms with Gasteiger partial charge >= 0.3 is 0 Å². The lowest BCUT2D eigenvalue weighted by Crippen LogP contribution is -2.01. The van der Waals surface area contributed by atoms with Crippen molar-refractivity contribution in [3.8, 4) is 0 Å². The van der Waals surface area contributed by atoms with Crippen molar-refractivity contribution in [1.29, 1.82) is 0 Å². The normalized spacial score (nSPS) is 13.0. The van der Waals surface area contributed by atoms with E-state index in [1.807, 2.05) is 42.5 Å². The number of unbranched alkanes of at least 4 members (excludes halogenated alkanes) is 5. The molecule has 1 unspecified atom stereocenters. The van der Waals surface area contributed by atoms with Crippen LogP contribution in [-0.2, 0) is 0 Å². The first-order valence-corrected chi connectivity index (χ1v) is 7.24. The van der Waals surface area contributed by atoms with Gasteiger partial charge in [0.2, 0.25) is 0 Å². The Morgan fingerprint density at radius 2 is 1.67 bits per heavy atom. The van der Waals surface area contributed by atoms with Crippen molar-refractivity contribution in [1.82, 2.24) is 0 Å². The zero-order chi connectivity index (χ0) is 13.1. The molecule has 100 valence electrons. The Morgan fingerprint density at radius 1 is 1.00 bits per heavy atom. The first kappa shape index (κ1) is 15.0. The van der Waals surface area contributed by atoms with Crippen LogP contribution >= 0.6 is 0 Å². The van der Waals surface area contributed by atoms with Gasteiger partial charge in [-0.15, -0.1) is 0 Å². The Bertz CT molecular complexity index is 316. The maximum atomic E-state index is 9.83. The van der Waals surface area contributed by atoms with Crippen LogP contribution < -0.4 is 0 Å². The van der Waals surface area contributed by atoms with Crippen LogP contribution in [0, 0.1) is 0 Å². The largest absolute Gasteiger partial charge is 0.389 e. The van der Waals surface area contributed by atoms with Gasteiger partial charge in [0.05, 0.1) is 6.10 Å². The van der Waals surface area contributed by atoms with E-state index in [4.69, 9.17) is 0 Å². The van der Waals surface area contributed by atoms with Gasteiger partial charge in [0, 0.05) is 0 Å². The molecule has 0 fully saturated rings. The van der Waals surface area contributed by atoms with E-state index in [0.29, 0.717) is 0 Å². The fourth-order valence-electron chi connectivity index (χ4n) is 2.02. The minimum Gasteiger partial charge on any atom is -0.389 e. The Hall–Kier alpha value is -1.08. The second-order valence-corrected chi connectivity index (χ2v) is 4.89. The number of aliphatic hydroxyl groups is 1. The highest BCUT2D eigenvalue weighted by Crippen LogP contribution is 2.10. The van der Waals surface area contributed by atoms with Gasteiger partial charge < -0.3 is 5.11 Å². The topological polar surface area (TPSA) is 20.2 Å². The van der Waals surface area contributed by atoms with E-state index in [2.05, 4.69) is 6.92 Å². The Kier molecular flexibility index (Phi) is 8.24. The SMILES string of the molecule is CCCCCCCCC(O)/C=C/c1ccccc1. The van der Waals surface area contributed by atoms with Crippen LogP contribution in [0.15, 0.2) is 36.4 Å². The highest BCUT2D eigenvalue weighted by Gasteiger charge is 1.98. The number of benzene rings is 1. The quantitative estimate of drug-likeness (QED) is 0.620. The van der Waals surface area contributed by atoms with Gasteiger partial charge in [-0.25, -0.2) is 0 Å². The van der Waals surface area contributed by atoms with Crippen molar-refractivity contribution >= 4 is 6.08 Å². The predicted molar refractivity (Wildman–Crippen MR) is 79.5 cm³/mol. The minimum atomic E-state index is -0.295. The molecule has 0 amide bonds. The van der Waals surface area contributed by atoms with Gasteiger partial charge in [0.15, 0.2) is 0 Å². The molecule has 18 heavy (non-hydrogen) atoms. The molecule has 0 saturated heterocycles. The summed E-state index contributed by atoms with van der Waals surface area (Å²) in [6.45, 7) is 2.23. The number of hydrogen-bond acceptors (Lipinski definition) is 1. The minimum absolute atomic E-state index is 0.295. The molecule has 0 spiro atoms. The Balaban J connectivity index is 2.10. The van der Waals surface area contributed by atoms with E-state index in [-0.39, 0.29) is 6.10 Å². The van der Waals surface area contributed by atoms with Crippen LogP contribution in [0.1, 0.15) is 57.4 Å². The molecule has 0 radical (unpaired) electrons. The average molecular weight is 246 g/mol. The monoisotopic (exact) mass is 246 g/mol. The number of rotatable bonds is 9. The first-order chi connectivity index (χ1) is 8.83. The maximum Gasteiger partial charge on any atom is 0.0724 e. The number of aliphatic hydroxyl groups excluding tert-OH is 1.